The van der Waals surface area contributed by atoms with Crippen molar-refractivity contribution in [2.24, 2.45) is 0 Å². The summed E-state index contributed by atoms with van der Waals surface area (Å²) < 4.78 is 8.74. The zero-order chi connectivity index (χ0) is 27.6. The van der Waals surface area contributed by atoms with Gasteiger partial charge in [0.25, 0.3) is 0 Å². The molecule has 0 saturated heterocycles. The SMILES string of the molecule is c1ccc(-c2cc(-c3ccccc3)nc(-n3c4ccccc4c4c5cccnc5c5oc6ccccc6c5c43)n2)cc1. The summed E-state index contributed by atoms with van der Waals surface area (Å²) in [6, 6.07) is 43.4. The van der Waals surface area contributed by atoms with E-state index in [1.807, 2.05) is 60.8 Å². The van der Waals surface area contributed by atoms with Crippen LogP contribution in [0, 0.1) is 0 Å². The Labute approximate surface area is 240 Å². The fourth-order valence-electron chi connectivity index (χ4n) is 6.24. The van der Waals surface area contributed by atoms with E-state index in [0.29, 0.717) is 5.95 Å². The predicted molar refractivity (Wildman–Crippen MR) is 170 cm³/mol. The monoisotopic (exact) mass is 538 g/mol. The Bertz CT molecular complexity index is 2400. The normalized spacial score (nSPS) is 11.8. The molecular formula is C37H22N4O. The van der Waals surface area contributed by atoms with Crippen LogP contribution >= 0.6 is 0 Å². The zero-order valence-corrected chi connectivity index (χ0v) is 22.4. The first-order valence-electron chi connectivity index (χ1n) is 14.0. The van der Waals surface area contributed by atoms with Crippen molar-refractivity contribution in [2.75, 3.05) is 0 Å². The van der Waals surface area contributed by atoms with Crippen LogP contribution in [0.25, 0.3) is 83.1 Å². The van der Waals surface area contributed by atoms with E-state index in [1.165, 1.54) is 0 Å². The highest BCUT2D eigenvalue weighted by molar-refractivity contribution is 6.34. The lowest BCUT2D eigenvalue weighted by atomic mass is 10.0. The Morgan fingerprint density at radius 1 is 0.548 bits per heavy atom. The van der Waals surface area contributed by atoms with Gasteiger partial charge in [0.1, 0.15) is 11.1 Å². The summed E-state index contributed by atoms with van der Waals surface area (Å²) in [4.78, 5) is 15.3. The van der Waals surface area contributed by atoms with Crippen molar-refractivity contribution in [1.82, 2.24) is 19.5 Å². The fourth-order valence-corrected chi connectivity index (χ4v) is 6.24. The molecule has 42 heavy (non-hydrogen) atoms. The third-order valence-electron chi connectivity index (χ3n) is 8.05. The number of fused-ring (bicyclic) bond motifs is 10. The van der Waals surface area contributed by atoms with Crippen LogP contribution in [0.2, 0.25) is 0 Å². The van der Waals surface area contributed by atoms with E-state index in [1.54, 1.807) is 0 Å². The average Bonchev–Trinajstić information content (AvgIpc) is 3.62. The standard InChI is InChI=1S/C37H22N4O/c1-3-12-23(13-4-1)28-22-29(24-14-5-2-6-15-24)40-37(39-28)41-30-19-9-7-16-25(30)32-27-18-11-21-38-34(27)36-33(35(32)41)26-17-8-10-20-31(26)42-36/h1-22H. The van der Waals surface area contributed by atoms with Crippen molar-refractivity contribution >= 4 is 54.6 Å². The number of aromatic nitrogens is 4. The second kappa shape index (κ2) is 8.85. The van der Waals surface area contributed by atoms with E-state index in [9.17, 15) is 0 Å². The van der Waals surface area contributed by atoms with Crippen molar-refractivity contribution < 1.29 is 4.42 Å². The Kier molecular flexibility index (Phi) is 4.83. The average molecular weight is 539 g/mol. The van der Waals surface area contributed by atoms with Gasteiger partial charge in [-0.05, 0) is 24.3 Å². The Morgan fingerprint density at radius 2 is 1.17 bits per heavy atom. The summed E-state index contributed by atoms with van der Waals surface area (Å²) >= 11 is 0. The molecule has 4 aromatic heterocycles. The summed E-state index contributed by atoms with van der Waals surface area (Å²) in [6.07, 6.45) is 1.83. The summed E-state index contributed by atoms with van der Waals surface area (Å²) in [6.45, 7) is 0. The second-order valence-corrected chi connectivity index (χ2v) is 10.4. The molecule has 0 aliphatic carbocycles. The molecule has 9 rings (SSSR count). The van der Waals surface area contributed by atoms with Gasteiger partial charge in [0, 0.05) is 38.9 Å². The molecule has 5 aromatic carbocycles. The lowest BCUT2D eigenvalue weighted by Crippen LogP contribution is -2.04. The molecule has 0 unspecified atom stereocenters. The minimum atomic E-state index is 0.608. The molecule has 0 aliphatic rings. The summed E-state index contributed by atoms with van der Waals surface area (Å²) in [7, 11) is 0. The molecule has 5 nitrogen and oxygen atoms in total. The van der Waals surface area contributed by atoms with Crippen molar-refractivity contribution in [1.29, 1.82) is 0 Å². The summed E-state index contributed by atoms with van der Waals surface area (Å²) in [5.74, 6) is 0.608. The highest BCUT2D eigenvalue weighted by Gasteiger charge is 2.24. The molecule has 4 heterocycles. The van der Waals surface area contributed by atoms with E-state index in [0.717, 1.165) is 77.2 Å². The topological polar surface area (TPSA) is 56.7 Å². The van der Waals surface area contributed by atoms with Gasteiger partial charge in [-0.1, -0.05) is 103 Å². The van der Waals surface area contributed by atoms with Gasteiger partial charge < -0.3 is 4.42 Å². The van der Waals surface area contributed by atoms with Crippen LogP contribution in [0.1, 0.15) is 0 Å². The first-order chi connectivity index (χ1) is 20.8. The molecule has 0 amide bonds. The van der Waals surface area contributed by atoms with Crippen LogP contribution in [0.15, 0.2) is 138 Å². The molecule has 0 radical (unpaired) electrons. The van der Waals surface area contributed by atoms with Gasteiger partial charge in [-0.3, -0.25) is 9.55 Å². The molecule has 0 fully saturated rings. The molecule has 0 bridgehead atoms. The maximum Gasteiger partial charge on any atom is 0.235 e. The fraction of sp³-hybridized carbons (Fsp3) is 0. The molecule has 0 saturated carbocycles. The molecule has 0 atom stereocenters. The number of para-hydroxylation sites is 2. The van der Waals surface area contributed by atoms with E-state index in [2.05, 4.69) is 77.4 Å². The van der Waals surface area contributed by atoms with Gasteiger partial charge in [0.05, 0.1) is 27.8 Å². The minimum absolute atomic E-state index is 0.608. The molecule has 196 valence electrons. The van der Waals surface area contributed by atoms with Gasteiger partial charge in [0.15, 0.2) is 5.58 Å². The Balaban J connectivity index is 1.51. The van der Waals surface area contributed by atoms with Crippen LogP contribution in [-0.4, -0.2) is 19.5 Å². The van der Waals surface area contributed by atoms with Gasteiger partial charge in [-0.15, -0.1) is 0 Å². The largest absolute Gasteiger partial charge is 0.454 e. The first kappa shape index (κ1) is 22.9. The number of furan rings is 1. The van der Waals surface area contributed by atoms with Crippen molar-refractivity contribution in [3.63, 3.8) is 0 Å². The number of benzene rings is 5. The molecule has 9 aromatic rings. The van der Waals surface area contributed by atoms with Crippen LogP contribution in [0.3, 0.4) is 0 Å². The van der Waals surface area contributed by atoms with Gasteiger partial charge >= 0.3 is 0 Å². The smallest absolute Gasteiger partial charge is 0.235 e. The Morgan fingerprint density at radius 3 is 1.90 bits per heavy atom. The molecule has 0 N–H and O–H groups in total. The van der Waals surface area contributed by atoms with Crippen molar-refractivity contribution in [3.05, 3.63) is 134 Å². The number of rotatable bonds is 3. The van der Waals surface area contributed by atoms with Gasteiger partial charge in [-0.2, -0.15) is 0 Å². The molecule has 0 spiro atoms. The van der Waals surface area contributed by atoms with Crippen LogP contribution in [-0.2, 0) is 0 Å². The predicted octanol–water partition coefficient (Wildman–Crippen LogP) is 9.36. The van der Waals surface area contributed by atoms with Crippen LogP contribution in [0.4, 0.5) is 0 Å². The summed E-state index contributed by atoms with van der Waals surface area (Å²) in [5, 5.41) is 5.32. The maximum absolute atomic E-state index is 6.53. The van der Waals surface area contributed by atoms with Gasteiger partial charge in [-0.25, -0.2) is 9.97 Å². The quantitative estimate of drug-likeness (QED) is 0.225. The third-order valence-corrected chi connectivity index (χ3v) is 8.05. The number of hydrogen-bond donors (Lipinski definition) is 0. The first-order valence-corrected chi connectivity index (χ1v) is 14.0. The lowest BCUT2D eigenvalue weighted by molar-refractivity contribution is 0.672. The lowest BCUT2D eigenvalue weighted by Gasteiger charge is -2.12. The van der Waals surface area contributed by atoms with Crippen LogP contribution in [0.5, 0.6) is 0 Å². The summed E-state index contributed by atoms with van der Waals surface area (Å²) in [5.41, 5.74) is 8.28. The second-order valence-electron chi connectivity index (χ2n) is 10.4. The highest BCUT2D eigenvalue weighted by atomic mass is 16.3. The highest BCUT2D eigenvalue weighted by Crippen LogP contribution is 2.45. The minimum Gasteiger partial charge on any atom is -0.454 e. The van der Waals surface area contributed by atoms with E-state index in [4.69, 9.17) is 19.4 Å². The Hall–Kier alpha value is -5.81. The zero-order valence-electron chi connectivity index (χ0n) is 22.4. The van der Waals surface area contributed by atoms with Crippen molar-refractivity contribution in [3.8, 4) is 28.5 Å². The van der Waals surface area contributed by atoms with E-state index in [-0.39, 0.29) is 0 Å². The van der Waals surface area contributed by atoms with Crippen molar-refractivity contribution in [2.45, 2.75) is 0 Å². The maximum atomic E-state index is 6.53. The van der Waals surface area contributed by atoms with E-state index < -0.39 is 0 Å². The number of hydrogen-bond acceptors (Lipinski definition) is 4. The van der Waals surface area contributed by atoms with E-state index >= 15 is 0 Å². The van der Waals surface area contributed by atoms with Crippen LogP contribution < -0.4 is 0 Å². The number of pyridine rings is 1. The number of nitrogens with zero attached hydrogens (tertiary/aromatic N) is 4. The van der Waals surface area contributed by atoms with Gasteiger partial charge in [0.2, 0.25) is 5.95 Å². The molecule has 5 heteroatoms. The third kappa shape index (κ3) is 3.28. The molecule has 0 aliphatic heterocycles. The molecular weight excluding hydrogens is 516 g/mol.